The normalized spacial score (nSPS) is 18.1. The van der Waals surface area contributed by atoms with Crippen LogP contribution < -0.4 is 15.5 Å². The van der Waals surface area contributed by atoms with Crippen molar-refractivity contribution in [3.8, 4) is 0 Å². The predicted octanol–water partition coefficient (Wildman–Crippen LogP) is 3.80. The number of carbonyl (C=O) groups is 1. The van der Waals surface area contributed by atoms with Crippen molar-refractivity contribution < 1.29 is 4.79 Å². The van der Waals surface area contributed by atoms with Crippen LogP contribution >= 0.6 is 35.4 Å². The molecule has 4 rings (SSSR count). The summed E-state index contributed by atoms with van der Waals surface area (Å²) in [6.45, 7) is 2.57. The number of hydrogen-bond acceptors (Lipinski definition) is 3. The molecule has 0 radical (unpaired) electrons. The first-order chi connectivity index (χ1) is 14.0. The number of nitrogens with zero attached hydrogens (tertiary/aromatic N) is 2. The molecule has 152 valence electrons. The third-order valence-corrected chi connectivity index (χ3v) is 6.85. The highest BCUT2D eigenvalue weighted by Crippen LogP contribution is 2.36. The first-order valence-electron chi connectivity index (χ1n) is 9.57. The number of likely N-dealkylation sites (tertiary alicyclic amines) is 1. The summed E-state index contributed by atoms with van der Waals surface area (Å²) in [6, 6.07) is 15.6. The van der Waals surface area contributed by atoms with Crippen LogP contribution in [0.2, 0.25) is 10.0 Å². The Morgan fingerprint density at radius 1 is 1.10 bits per heavy atom. The van der Waals surface area contributed by atoms with E-state index in [1.165, 1.54) is 0 Å². The lowest BCUT2D eigenvalue weighted by molar-refractivity contribution is -0.124. The Morgan fingerprint density at radius 2 is 1.83 bits per heavy atom. The number of halogens is 2. The standard InChI is InChI=1S/C21H22Cl2N4OS/c22-17-7-6-15(12-18(17)23)13-24-20(29)26-10-8-21(9-11-26)19(28)25-14-27(21)16-4-2-1-3-5-16/h1-7,12H,8-11,13-14H2,(H,24,29)(H,25,28). The second-order valence-electron chi connectivity index (χ2n) is 7.35. The highest BCUT2D eigenvalue weighted by molar-refractivity contribution is 7.80. The minimum Gasteiger partial charge on any atom is -0.358 e. The summed E-state index contributed by atoms with van der Waals surface area (Å²) in [5, 5.41) is 8.08. The largest absolute Gasteiger partial charge is 0.358 e. The van der Waals surface area contributed by atoms with Crippen LogP contribution in [0.15, 0.2) is 48.5 Å². The van der Waals surface area contributed by atoms with Crippen LogP contribution in [0.25, 0.3) is 0 Å². The lowest BCUT2D eigenvalue weighted by Crippen LogP contribution is -2.58. The topological polar surface area (TPSA) is 47.6 Å². The molecule has 2 aromatic rings. The monoisotopic (exact) mass is 448 g/mol. The van der Waals surface area contributed by atoms with Gasteiger partial charge in [-0.3, -0.25) is 4.79 Å². The minimum atomic E-state index is -0.503. The number of rotatable bonds is 3. The number of piperidine rings is 1. The second-order valence-corrected chi connectivity index (χ2v) is 8.55. The molecule has 0 aromatic heterocycles. The van der Waals surface area contributed by atoms with Crippen LogP contribution in [0, 0.1) is 0 Å². The maximum atomic E-state index is 12.7. The summed E-state index contributed by atoms with van der Waals surface area (Å²) in [5.74, 6) is 0.107. The Bertz CT molecular complexity index is 916. The van der Waals surface area contributed by atoms with Crippen molar-refractivity contribution in [2.45, 2.75) is 24.9 Å². The van der Waals surface area contributed by atoms with Gasteiger partial charge in [0.05, 0.1) is 16.7 Å². The Morgan fingerprint density at radius 3 is 2.52 bits per heavy atom. The van der Waals surface area contributed by atoms with E-state index in [1.54, 1.807) is 6.07 Å². The summed E-state index contributed by atoms with van der Waals surface area (Å²) >= 11 is 17.6. The molecule has 2 heterocycles. The van der Waals surface area contributed by atoms with Crippen molar-refractivity contribution in [3.05, 3.63) is 64.1 Å². The van der Waals surface area contributed by atoms with Gasteiger partial charge < -0.3 is 20.4 Å². The molecule has 0 saturated carbocycles. The van der Waals surface area contributed by atoms with Crippen molar-refractivity contribution in [2.75, 3.05) is 24.7 Å². The van der Waals surface area contributed by atoms with Crippen LogP contribution in [0.5, 0.6) is 0 Å². The fourth-order valence-corrected chi connectivity index (χ4v) is 4.63. The number of amides is 1. The van der Waals surface area contributed by atoms with E-state index in [-0.39, 0.29) is 5.91 Å². The summed E-state index contributed by atoms with van der Waals surface area (Å²) in [5.41, 5.74) is 1.58. The maximum Gasteiger partial charge on any atom is 0.247 e. The molecule has 0 aliphatic carbocycles. The number of para-hydroxylation sites is 1. The number of thiocarbonyl (C=S) groups is 1. The average molecular weight is 449 g/mol. The number of benzene rings is 2. The summed E-state index contributed by atoms with van der Waals surface area (Å²) in [6.07, 6.45) is 1.45. The van der Waals surface area contributed by atoms with Crippen molar-refractivity contribution in [1.29, 1.82) is 0 Å². The Labute approximate surface area is 186 Å². The lowest BCUT2D eigenvalue weighted by Gasteiger charge is -2.44. The molecule has 2 aliphatic heterocycles. The molecule has 1 spiro atoms. The Balaban J connectivity index is 1.38. The molecule has 0 unspecified atom stereocenters. The van der Waals surface area contributed by atoms with Gasteiger partial charge in [0.15, 0.2) is 5.11 Å². The molecular weight excluding hydrogens is 427 g/mol. The number of hydrogen-bond donors (Lipinski definition) is 2. The van der Waals surface area contributed by atoms with Gasteiger partial charge in [0.1, 0.15) is 5.54 Å². The van der Waals surface area contributed by atoms with E-state index in [9.17, 15) is 4.79 Å². The molecule has 2 saturated heterocycles. The zero-order chi connectivity index (χ0) is 20.4. The van der Waals surface area contributed by atoms with E-state index >= 15 is 0 Å². The van der Waals surface area contributed by atoms with E-state index < -0.39 is 5.54 Å². The molecule has 29 heavy (non-hydrogen) atoms. The molecule has 2 aromatic carbocycles. The third-order valence-electron chi connectivity index (χ3n) is 5.71. The van der Waals surface area contributed by atoms with Gasteiger partial charge in [0.25, 0.3) is 0 Å². The molecule has 1 amide bonds. The molecule has 0 atom stereocenters. The summed E-state index contributed by atoms with van der Waals surface area (Å²) in [4.78, 5) is 17.1. The maximum absolute atomic E-state index is 12.7. The smallest absolute Gasteiger partial charge is 0.247 e. The van der Waals surface area contributed by atoms with Crippen molar-refractivity contribution >= 4 is 52.1 Å². The molecule has 2 fully saturated rings. The van der Waals surface area contributed by atoms with Gasteiger partial charge in [-0.25, -0.2) is 0 Å². The molecule has 2 N–H and O–H groups in total. The van der Waals surface area contributed by atoms with Crippen LogP contribution in [-0.2, 0) is 11.3 Å². The van der Waals surface area contributed by atoms with Crippen molar-refractivity contribution in [3.63, 3.8) is 0 Å². The fraction of sp³-hybridized carbons (Fsp3) is 0.333. The van der Waals surface area contributed by atoms with Crippen molar-refractivity contribution in [1.82, 2.24) is 15.5 Å². The predicted molar refractivity (Wildman–Crippen MR) is 121 cm³/mol. The SMILES string of the molecule is O=C1NCN(c2ccccc2)C12CCN(C(=S)NCc1ccc(Cl)c(Cl)c1)CC2. The minimum absolute atomic E-state index is 0.107. The quantitative estimate of drug-likeness (QED) is 0.699. The molecule has 0 bridgehead atoms. The Kier molecular flexibility index (Phi) is 5.86. The first kappa shape index (κ1) is 20.3. The van der Waals surface area contributed by atoms with Gasteiger partial charge in [0.2, 0.25) is 5.91 Å². The third kappa shape index (κ3) is 4.02. The highest BCUT2D eigenvalue weighted by atomic mass is 35.5. The van der Waals surface area contributed by atoms with E-state index in [0.29, 0.717) is 28.4 Å². The van der Waals surface area contributed by atoms with Gasteiger partial charge in [-0.2, -0.15) is 0 Å². The number of anilines is 1. The summed E-state index contributed by atoms with van der Waals surface area (Å²) in [7, 11) is 0. The van der Waals surface area contributed by atoms with Crippen LogP contribution in [0.3, 0.4) is 0 Å². The first-order valence-corrected chi connectivity index (χ1v) is 10.7. The van der Waals surface area contributed by atoms with E-state index in [4.69, 9.17) is 35.4 Å². The van der Waals surface area contributed by atoms with E-state index in [2.05, 4.69) is 32.6 Å². The van der Waals surface area contributed by atoms with Crippen molar-refractivity contribution in [2.24, 2.45) is 0 Å². The van der Waals surface area contributed by atoms with Gasteiger partial charge in [-0.1, -0.05) is 47.5 Å². The molecule has 5 nitrogen and oxygen atoms in total. The zero-order valence-electron chi connectivity index (χ0n) is 15.8. The number of carbonyl (C=O) groups excluding carboxylic acids is 1. The Hall–Kier alpha value is -2.02. The average Bonchev–Trinajstić information content (AvgIpc) is 3.05. The van der Waals surface area contributed by atoms with Crippen LogP contribution in [-0.4, -0.2) is 41.2 Å². The lowest BCUT2D eigenvalue weighted by atomic mass is 9.86. The van der Waals surface area contributed by atoms with Crippen LogP contribution in [0.4, 0.5) is 5.69 Å². The number of nitrogens with one attached hydrogen (secondary N) is 2. The molecule has 2 aliphatic rings. The molecular formula is C21H22Cl2N4OS. The second kappa shape index (κ2) is 8.38. The zero-order valence-corrected chi connectivity index (χ0v) is 18.2. The van der Waals surface area contributed by atoms with Gasteiger partial charge in [0, 0.05) is 25.3 Å². The fourth-order valence-electron chi connectivity index (χ4n) is 4.05. The van der Waals surface area contributed by atoms with Gasteiger partial charge in [-0.05, 0) is 54.9 Å². The summed E-state index contributed by atoms with van der Waals surface area (Å²) < 4.78 is 0. The molecule has 8 heteroatoms. The van der Waals surface area contributed by atoms with E-state index in [1.807, 2.05) is 30.3 Å². The highest BCUT2D eigenvalue weighted by Gasteiger charge is 2.50. The van der Waals surface area contributed by atoms with Crippen LogP contribution in [0.1, 0.15) is 18.4 Å². The van der Waals surface area contributed by atoms with Gasteiger partial charge >= 0.3 is 0 Å². The van der Waals surface area contributed by atoms with Gasteiger partial charge in [-0.15, -0.1) is 0 Å². The van der Waals surface area contributed by atoms with E-state index in [0.717, 1.165) is 37.2 Å².